The fourth-order valence-corrected chi connectivity index (χ4v) is 8.77. The first-order chi connectivity index (χ1) is 32.1. The standard InChI is InChI=1S/C43H34N3O2.C15H16N.Ir/c1-24(2)33-20-29(27-12-7-6-8-13-27)21-34(25(3)4)40(33)46-41-30-15-10-9-14-28(30)18-19-36(41)45-43(46)32-17-11-16-31-35-22-39-37(44-26(5)47-39)23-38(35)48-42(31)32;1-15(2,3)13-9-10-16-14(11-13)12-7-5-4-6-8-12;/h6-16,18-25H,1-5H3;4-7,9-11H,1-3H3;/q2*-1;/i5D3;;. The first-order valence-corrected chi connectivity index (χ1v) is 21.9. The number of nitrogens with zero attached hydrogens (tertiary/aromatic N) is 4. The van der Waals surface area contributed by atoms with Gasteiger partial charge in [0.2, 0.25) is 0 Å². The zero-order chi connectivity index (χ0) is 46.8. The third-order valence-electron chi connectivity index (χ3n) is 12.1. The Morgan fingerprint density at radius 2 is 1.40 bits per heavy atom. The average molecular weight is 1030 g/mol. The van der Waals surface area contributed by atoms with Crippen molar-refractivity contribution in [2.45, 2.75) is 72.6 Å². The van der Waals surface area contributed by atoms with Crippen molar-refractivity contribution in [2.75, 3.05) is 0 Å². The number of benzene rings is 7. The van der Waals surface area contributed by atoms with E-state index in [1.54, 1.807) is 6.07 Å². The van der Waals surface area contributed by atoms with Crippen LogP contribution >= 0.6 is 0 Å². The summed E-state index contributed by atoms with van der Waals surface area (Å²) in [4.78, 5) is 14.0. The van der Waals surface area contributed by atoms with Crippen LogP contribution in [-0.4, -0.2) is 19.5 Å². The molecule has 0 fully saturated rings. The van der Waals surface area contributed by atoms with Crippen molar-refractivity contribution in [3.8, 4) is 39.5 Å². The van der Waals surface area contributed by atoms with Gasteiger partial charge < -0.3 is 18.4 Å². The van der Waals surface area contributed by atoms with Crippen LogP contribution in [0.5, 0.6) is 0 Å². The number of rotatable bonds is 6. The van der Waals surface area contributed by atoms with Crippen LogP contribution in [0.3, 0.4) is 0 Å². The maximum absolute atomic E-state index is 7.77. The SMILES string of the molecule is CC(C)(C)c1ccnc(-c2[c-]cccc2)c1.[2H]C([2H])([2H])c1nc2cc3oc4c(-c5nc6ccc7ccccc7c6n5-c5c(C(C)C)cc(-c6ccccc6)cc5C(C)C)[c-]ccc4c3cc2o1.[Ir]. The van der Waals surface area contributed by atoms with E-state index in [4.69, 9.17) is 17.9 Å². The van der Waals surface area contributed by atoms with Crippen molar-refractivity contribution in [2.24, 2.45) is 0 Å². The Bertz CT molecular complexity index is 3590. The van der Waals surface area contributed by atoms with Gasteiger partial charge in [0.1, 0.15) is 11.1 Å². The van der Waals surface area contributed by atoms with E-state index in [1.165, 1.54) is 27.8 Å². The maximum Gasteiger partial charge on any atom is 0.192 e. The van der Waals surface area contributed by atoms with Gasteiger partial charge in [-0.2, -0.15) is 0 Å². The molecule has 0 saturated carbocycles. The van der Waals surface area contributed by atoms with Crippen molar-refractivity contribution < 1.29 is 33.1 Å². The summed E-state index contributed by atoms with van der Waals surface area (Å²) in [6, 6.07) is 54.2. The second kappa shape index (κ2) is 17.4. The van der Waals surface area contributed by atoms with Gasteiger partial charge in [0.25, 0.3) is 0 Å². The zero-order valence-electron chi connectivity index (χ0n) is 40.4. The van der Waals surface area contributed by atoms with Crippen LogP contribution in [-0.2, 0) is 25.5 Å². The van der Waals surface area contributed by atoms with E-state index in [-0.39, 0.29) is 43.2 Å². The Balaban J connectivity index is 0.000000289. The molecule has 11 aromatic rings. The summed E-state index contributed by atoms with van der Waals surface area (Å²) >= 11 is 0. The van der Waals surface area contributed by atoms with Crippen LogP contribution in [0.1, 0.15) is 87.0 Å². The molecule has 4 aromatic heterocycles. The summed E-state index contributed by atoms with van der Waals surface area (Å²) in [5.41, 5.74) is 14.1. The van der Waals surface area contributed by atoms with Gasteiger partial charge in [0.05, 0.1) is 22.4 Å². The first-order valence-electron chi connectivity index (χ1n) is 23.4. The first kappa shape index (κ1) is 39.9. The molecule has 0 unspecified atom stereocenters. The van der Waals surface area contributed by atoms with Crippen molar-refractivity contribution in [1.29, 1.82) is 0 Å². The van der Waals surface area contributed by atoms with E-state index in [1.807, 2.05) is 48.7 Å². The second-order valence-electron chi connectivity index (χ2n) is 18.1. The molecule has 0 aliphatic rings. The number of fused-ring (bicyclic) bond motifs is 7. The minimum Gasteiger partial charge on any atom is -0.500 e. The van der Waals surface area contributed by atoms with Gasteiger partial charge in [-0.25, -0.2) is 4.98 Å². The van der Waals surface area contributed by atoms with E-state index in [2.05, 4.69) is 166 Å². The summed E-state index contributed by atoms with van der Waals surface area (Å²) < 4.78 is 38.0. The topological polar surface area (TPSA) is 69.9 Å². The van der Waals surface area contributed by atoms with Gasteiger partial charge in [-0.1, -0.05) is 126 Å². The minimum absolute atomic E-state index is 0. The minimum atomic E-state index is -2.45. The number of hydrogen-bond acceptors (Lipinski definition) is 5. The average Bonchev–Trinajstić information content (AvgIpc) is 4.04. The molecular weight excluding hydrogens is 977 g/mol. The Hall–Kier alpha value is -6.66. The number of hydrogen-bond donors (Lipinski definition) is 0. The number of oxazole rings is 1. The molecule has 1 radical (unpaired) electrons. The molecule has 0 amide bonds. The molecule has 0 N–H and O–H groups in total. The van der Waals surface area contributed by atoms with Gasteiger partial charge in [-0.15, -0.1) is 54.1 Å². The number of pyridine rings is 1. The molecule has 0 spiro atoms. The Morgan fingerprint density at radius 1 is 0.646 bits per heavy atom. The van der Waals surface area contributed by atoms with Gasteiger partial charge in [0, 0.05) is 59.8 Å². The molecule has 4 heterocycles. The second-order valence-corrected chi connectivity index (χ2v) is 18.1. The molecule has 7 aromatic carbocycles. The van der Waals surface area contributed by atoms with E-state index in [0.29, 0.717) is 22.3 Å². The molecule has 7 heteroatoms. The van der Waals surface area contributed by atoms with E-state index < -0.39 is 6.85 Å². The van der Waals surface area contributed by atoms with E-state index >= 15 is 0 Å². The molecule has 0 bridgehead atoms. The molecule has 11 rings (SSSR count). The number of aryl methyl sites for hydroxylation is 1. The normalized spacial score (nSPS) is 12.7. The van der Waals surface area contributed by atoms with Crippen molar-refractivity contribution in [3.63, 3.8) is 0 Å². The Labute approximate surface area is 398 Å². The van der Waals surface area contributed by atoms with Crippen LogP contribution in [0.25, 0.3) is 94.3 Å². The van der Waals surface area contributed by atoms with Gasteiger partial charge in [0.15, 0.2) is 11.5 Å². The smallest absolute Gasteiger partial charge is 0.192 e. The van der Waals surface area contributed by atoms with Crippen molar-refractivity contribution in [1.82, 2.24) is 19.5 Å². The van der Waals surface area contributed by atoms with Gasteiger partial charge >= 0.3 is 0 Å². The molecule has 325 valence electrons. The van der Waals surface area contributed by atoms with Gasteiger partial charge in [-0.3, -0.25) is 4.98 Å². The number of aromatic nitrogens is 4. The summed E-state index contributed by atoms with van der Waals surface area (Å²) in [6.07, 6.45) is 1.87. The third kappa shape index (κ3) is 8.09. The largest absolute Gasteiger partial charge is 0.500 e. The van der Waals surface area contributed by atoms with Crippen LogP contribution in [0.15, 0.2) is 155 Å². The molecule has 0 aliphatic carbocycles. The number of imidazole rings is 1. The van der Waals surface area contributed by atoms with Gasteiger partial charge in [-0.05, 0) is 86.5 Å². The van der Waals surface area contributed by atoms with Crippen LogP contribution in [0, 0.1) is 19.0 Å². The van der Waals surface area contributed by atoms with E-state index in [0.717, 1.165) is 60.9 Å². The fraction of sp³-hybridized carbons (Fsp3) is 0.190. The summed E-state index contributed by atoms with van der Waals surface area (Å²) in [6.45, 7) is 13.2. The fourth-order valence-electron chi connectivity index (χ4n) is 8.77. The quantitative estimate of drug-likeness (QED) is 0.155. The molecule has 6 nitrogen and oxygen atoms in total. The molecule has 65 heavy (non-hydrogen) atoms. The Kier molecular flexibility index (Phi) is 10.7. The monoisotopic (exact) mass is 1030 g/mol. The van der Waals surface area contributed by atoms with Crippen molar-refractivity contribution >= 4 is 54.8 Å². The van der Waals surface area contributed by atoms with Crippen LogP contribution in [0.4, 0.5) is 0 Å². The maximum atomic E-state index is 7.77. The van der Waals surface area contributed by atoms with Crippen molar-refractivity contribution in [3.05, 3.63) is 180 Å². The number of furan rings is 1. The van der Waals surface area contributed by atoms with Crippen LogP contribution < -0.4 is 0 Å². The zero-order valence-corrected chi connectivity index (χ0v) is 39.8. The molecular formula is C58H50IrN4O2-2. The molecule has 0 aliphatic heterocycles. The Morgan fingerprint density at radius 3 is 2.12 bits per heavy atom. The summed E-state index contributed by atoms with van der Waals surface area (Å²) in [7, 11) is 0. The predicted octanol–water partition coefficient (Wildman–Crippen LogP) is 15.8. The predicted molar refractivity (Wildman–Crippen MR) is 263 cm³/mol. The molecule has 0 atom stereocenters. The third-order valence-corrected chi connectivity index (χ3v) is 12.1. The summed E-state index contributed by atoms with van der Waals surface area (Å²) in [5, 5.41) is 3.89. The summed E-state index contributed by atoms with van der Waals surface area (Å²) in [5.74, 6) is 0.851. The molecule has 0 saturated heterocycles. The van der Waals surface area contributed by atoms with E-state index in [9.17, 15) is 0 Å². The van der Waals surface area contributed by atoms with Crippen LogP contribution in [0.2, 0.25) is 0 Å².